The van der Waals surface area contributed by atoms with Gasteiger partial charge in [-0.05, 0) is 51.2 Å². The molecule has 0 unspecified atom stereocenters. The number of rotatable bonds is 9. The van der Waals surface area contributed by atoms with E-state index in [-0.39, 0.29) is 44.4 Å². The van der Waals surface area contributed by atoms with E-state index in [1.54, 1.807) is 34.9 Å². The first kappa shape index (κ1) is 25.5. The van der Waals surface area contributed by atoms with E-state index in [1.165, 1.54) is 13.2 Å². The van der Waals surface area contributed by atoms with E-state index >= 15 is 0 Å². The predicted molar refractivity (Wildman–Crippen MR) is 122 cm³/mol. The molecule has 2 fully saturated rings. The summed E-state index contributed by atoms with van der Waals surface area (Å²) in [5.74, 6) is -1.62. The van der Waals surface area contributed by atoms with Crippen LogP contribution in [0.4, 0.5) is 0 Å². The number of esters is 2. The van der Waals surface area contributed by atoms with Gasteiger partial charge >= 0.3 is 11.9 Å². The molecule has 0 aromatic carbocycles. The first-order chi connectivity index (χ1) is 16.4. The summed E-state index contributed by atoms with van der Waals surface area (Å²) in [5, 5.41) is 0. The number of amides is 2. The van der Waals surface area contributed by atoms with Crippen molar-refractivity contribution in [1.29, 1.82) is 0 Å². The molecule has 9 heteroatoms. The average Bonchev–Trinajstić information content (AvgIpc) is 3.41. The number of nitrogens with zero attached hydrogens (tertiary/aromatic N) is 2. The molecule has 2 amide bonds. The van der Waals surface area contributed by atoms with Crippen molar-refractivity contribution >= 4 is 23.8 Å². The first-order valence-corrected chi connectivity index (χ1v) is 11.9. The third kappa shape index (κ3) is 5.18. The summed E-state index contributed by atoms with van der Waals surface area (Å²) in [6.07, 6.45) is 5.81. The molecule has 3 heterocycles. The van der Waals surface area contributed by atoms with Gasteiger partial charge in [-0.25, -0.2) is 0 Å². The molecule has 0 bridgehead atoms. The Kier molecular flexibility index (Phi) is 8.52. The van der Waals surface area contributed by atoms with Gasteiger partial charge in [0.15, 0.2) is 0 Å². The molecule has 3 rings (SSSR count). The van der Waals surface area contributed by atoms with E-state index < -0.39 is 29.4 Å². The fourth-order valence-corrected chi connectivity index (χ4v) is 5.16. The molecule has 1 aromatic rings. The molecule has 2 aliphatic heterocycles. The van der Waals surface area contributed by atoms with Gasteiger partial charge in [0.1, 0.15) is 23.9 Å². The van der Waals surface area contributed by atoms with Crippen LogP contribution in [-0.4, -0.2) is 65.4 Å². The summed E-state index contributed by atoms with van der Waals surface area (Å²) in [6, 6.07) is 2.68. The lowest BCUT2D eigenvalue weighted by Crippen LogP contribution is -2.58. The monoisotopic (exact) mass is 474 g/mol. The van der Waals surface area contributed by atoms with Crippen molar-refractivity contribution in [3.63, 3.8) is 0 Å². The Morgan fingerprint density at radius 1 is 1.29 bits per heavy atom. The second kappa shape index (κ2) is 11.4. The Balaban J connectivity index is 2.05. The Morgan fingerprint density at radius 3 is 2.74 bits per heavy atom. The van der Waals surface area contributed by atoms with Crippen LogP contribution in [0.3, 0.4) is 0 Å². The van der Waals surface area contributed by atoms with E-state index in [2.05, 4.69) is 6.58 Å². The van der Waals surface area contributed by atoms with E-state index in [4.69, 9.17) is 13.9 Å². The van der Waals surface area contributed by atoms with Gasteiger partial charge in [-0.2, -0.15) is 0 Å². The topological polar surface area (TPSA) is 106 Å². The minimum absolute atomic E-state index is 0.0739. The molecule has 3 atom stereocenters. The maximum atomic E-state index is 14.1. The number of allylic oxidation sites excluding steroid dienone is 1. The van der Waals surface area contributed by atoms with Gasteiger partial charge in [0, 0.05) is 19.9 Å². The van der Waals surface area contributed by atoms with Crippen molar-refractivity contribution in [2.75, 3.05) is 26.3 Å². The Hall–Kier alpha value is -3.10. The lowest BCUT2D eigenvalue weighted by molar-refractivity contribution is -0.155. The molecule has 1 spiro atoms. The standard InChI is InChI=1S/C25H34N2O7/c1-4-6-11-21(29)27-22(20-10-9-15-34-20)19(23(30)32-5-2)17-25(27)12-7-8-13-26(24(25)31)14-16-33-18(3)28/h4,9-10,15,19,22H,1,5-8,11-14,16-17H2,2-3H3/t19-,22+,25-/m0/s1. The maximum absolute atomic E-state index is 14.1. The van der Waals surface area contributed by atoms with Crippen LogP contribution in [0, 0.1) is 5.92 Å². The summed E-state index contributed by atoms with van der Waals surface area (Å²) in [4.78, 5) is 55.2. The average molecular weight is 475 g/mol. The van der Waals surface area contributed by atoms with Crippen LogP contribution in [0.15, 0.2) is 35.5 Å². The van der Waals surface area contributed by atoms with Crippen LogP contribution < -0.4 is 0 Å². The van der Waals surface area contributed by atoms with E-state index in [0.717, 1.165) is 6.42 Å². The molecule has 186 valence electrons. The zero-order valence-corrected chi connectivity index (χ0v) is 20.0. The Bertz CT molecular complexity index is 897. The van der Waals surface area contributed by atoms with E-state index in [9.17, 15) is 19.2 Å². The molecule has 9 nitrogen and oxygen atoms in total. The number of ether oxygens (including phenoxy) is 2. The lowest BCUT2D eigenvalue weighted by Gasteiger charge is -2.41. The Labute approximate surface area is 200 Å². The molecular weight excluding hydrogens is 440 g/mol. The summed E-state index contributed by atoms with van der Waals surface area (Å²) < 4.78 is 16.1. The zero-order chi connectivity index (χ0) is 24.7. The molecule has 0 saturated carbocycles. The maximum Gasteiger partial charge on any atom is 0.311 e. The second-order valence-electron chi connectivity index (χ2n) is 8.73. The zero-order valence-electron chi connectivity index (χ0n) is 20.0. The highest BCUT2D eigenvalue weighted by Gasteiger charge is 2.62. The molecule has 0 N–H and O–H groups in total. The first-order valence-electron chi connectivity index (χ1n) is 11.9. The molecular formula is C25H34N2O7. The van der Waals surface area contributed by atoms with Crippen molar-refractivity contribution < 1.29 is 33.1 Å². The highest BCUT2D eigenvalue weighted by atomic mass is 16.5. The number of carbonyl (C=O) groups is 4. The van der Waals surface area contributed by atoms with Crippen LogP contribution >= 0.6 is 0 Å². The minimum atomic E-state index is -1.21. The molecule has 0 aliphatic carbocycles. The summed E-state index contributed by atoms with van der Waals surface area (Å²) in [6.45, 7) is 7.74. The third-order valence-electron chi connectivity index (χ3n) is 6.55. The highest BCUT2D eigenvalue weighted by molar-refractivity contribution is 5.94. The fraction of sp³-hybridized carbons (Fsp3) is 0.600. The quantitative estimate of drug-likeness (QED) is 0.400. The van der Waals surface area contributed by atoms with Crippen LogP contribution in [0.1, 0.15) is 64.2 Å². The van der Waals surface area contributed by atoms with Crippen LogP contribution in [0.5, 0.6) is 0 Å². The number of furan rings is 1. The molecule has 2 aliphatic rings. The minimum Gasteiger partial charge on any atom is -0.467 e. The highest BCUT2D eigenvalue weighted by Crippen LogP contribution is 2.51. The van der Waals surface area contributed by atoms with Crippen molar-refractivity contribution in [1.82, 2.24) is 9.80 Å². The molecule has 1 aromatic heterocycles. The second-order valence-corrected chi connectivity index (χ2v) is 8.73. The lowest BCUT2D eigenvalue weighted by atomic mass is 9.85. The normalized spacial score (nSPS) is 24.7. The molecule has 0 radical (unpaired) electrons. The van der Waals surface area contributed by atoms with Crippen molar-refractivity contribution in [3.05, 3.63) is 36.8 Å². The smallest absolute Gasteiger partial charge is 0.311 e. The van der Waals surface area contributed by atoms with Crippen molar-refractivity contribution in [2.45, 2.75) is 64.0 Å². The number of hydrogen-bond donors (Lipinski definition) is 0. The molecule has 2 saturated heterocycles. The van der Waals surface area contributed by atoms with Gasteiger partial charge in [0.05, 0.1) is 25.3 Å². The number of likely N-dealkylation sites (tertiary alicyclic amines) is 2. The van der Waals surface area contributed by atoms with Crippen LogP contribution in [0.25, 0.3) is 0 Å². The largest absolute Gasteiger partial charge is 0.467 e. The van der Waals surface area contributed by atoms with Gasteiger partial charge < -0.3 is 23.7 Å². The van der Waals surface area contributed by atoms with Gasteiger partial charge in [-0.3, -0.25) is 19.2 Å². The summed E-state index contributed by atoms with van der Waals surface area (Å²) >= 11 is 0. The van der Waals surface area contributed by atoms with Crippen molar-refractivity contribution in [2.24, 2.45) is 5.92 Å². The number of hydrogen-bond acceptors (Lipinski definition) is 7. The number of carbonyl (C=O) groups excluding carboxylic acids is 4. The van der Waals surface area contributed by atoms with E-state index in [1.807, 2.05) is 0 Å². The van der Waals surface area contributed by atoms with Crippen molar-refractivity contribution in [3.8, 4) is 0 Å². The van der Waals surface area contributed by atoms with Gasteiger partial charge in [0.2, 0.25) is 11.8 Å². The van der Waals surface area contributed by atoms with E-state index in [0.29, 0.717) is 31.6 Å². The van der Waals surface area contributed by atoms with Crippen LogP contribution in [0.2, 0.25) is 0 Å². The SMILES string of the molecule is C=CCCC(=O)N1[C@@H](c2ccco2)[C@@H](C(=O)OCC)C[C@]12CCCCN(CCOC(C)=O)C2=O. The van der Waals surface area contributed by atoms with Gasteiger partial charge in [-0.15, -0.1) is 6.58 Å². The fourth-order valence-electron chi connectivity index (χ4n) is 5.16. The summed E-state index contributed by atoms with van der Waals surface area (Å²) in [7, 11) is 0. The van der Waals surface area contributed by atoms with Crippen LogP contribution in [-0.2, 0) is 28.7 Å². The van der Waals surface area contributed by atoms with Gasteiger partial charge in [0.25, 0.3) is 0 Å². The van der Waals surface area contributed by atoms with Gasteiger partial charge in [-0.1, -0.05) is 6.08 Å². The summed E-state index contributed by atoms with van der Waals surface area (Å²) in [5.41, 5.74) is -1.21. The third-order valence-corrected chi connectivity index (χ3v) is 6.55. The molecule has 34 heavy (non-hydrogen) atoms. The Morgan fingerprint density at radius 2 is 2.09 bits per heavy atom. The predicted octanol–water partition coefficient (Wildman–Crippen LogP) is 3.01.